The highest BCUT2D eigenvalue weighted by Gasteiger charge is 2.23. The summed E-state index contributed by atoms with van der Waals surface area (Å²) in [5.41, 5.74) is 0.754. The zero-order valence-corrected chi connectivity index (χ0v) is 12.5. The van der Waals surface area contributed by atoms with Crippen molar-refractivity contribution >= 4 is 12.0 Å². The Morgan fingerprint density at radius 1 is 1.29 bits per heavy atom. The van der Waals surface area contributed by atoms with Crippen LogP contribution in [0.4, 0.5) is 9.18 Å². The summed E-state index contributed by atoms with van der Waals surface area (Å²) in [4.78, 5) is 24.4. The van der Waals surface area contributed by atoms with E-state index >= 15 is 0 Å². The van der Waals surface area contributed by atoms with Crippen LogP contribution in [0.3, 0.4) is 0 Å². The summed E-state index contributed by atoms with van der Waals surface area (Å²) in [5.74, 6) is -1.40. The van der Waals surface area contributed by atoms with Gasteiger partial charge in [-0.3, -0.25) is 4.79 Å². The van der Waals surface area contributed by atoms with Crippen LogP contribution in [0.15, 0.2) is 24.3 Å². The molecule has 1 rings (SSSR count). The highest BCUT2D eigenvalue weighted by molar-refractivity contribution is 5.80. The Hall–Kier alpha value is -2.11. The van der Waals surface area contributed by atoms with E-state index in [2.05, 4.69) is 5.32 Å². The Labute approximate surface area is 123 Å². The third-order valence-electron chi connectivity index (χ3n) is 3.40. The quantitative estimate of drug-likeness (QED) is 0.848. The molecule has 0 saturated carbocycles. The van der Waals surface area contributed by atoms with Crippen molar-refractivity contribution in [2.75, 3.05) is 6.54 Å². The number of urea groups is 1. The molecule has 2 amide bonds. The second-order valence-corrected chi connectivity index (χ2v) is 5.00. The van der Waals surface area contributed by atoms with Crippen LogP contribution in [-0.2, 0) is 4.79 Å². The van der Waals surface area contributed by atoms with Gasteiger partial charge < -0.3 is 15.3 Å². The van der Waals surface area contributed by atoms with E-state index in [1.54, 1.807) is 26.0 Å². The molecule has 0 aromatic heterocycles. The third kappa shape index (κ3) is 5.06. The number of nitrogens with one attached hydrogen (secondary N) is 1. The number of nitrogens with zero attached hydrogens (tertiary/aromatic N) is 1. The van der Waals surface area contributed by atoms with Crippen molar-refractivity contribution in [3.05, 3.63) is 35.6 Å². The largest absolute Gasteiger partial charge is 0.480 e. The molecule has 1 aromatic rings. The molecule has 0 heterocycles. The van der Waals surface area contributed by atoms with Crippen molar-refractivity contribution in [3.8, 4) is 0 Å². The monoisotopic (exact) mass is 296 g/mol. The lowest BCUT2D eigenvalue weighted by molar-refractivity contribution is -0.138. The first-order valence-electron chi connectivity index (χ1n) is 6.89. The molecule has 0 aliphatic rings. The van der Waals surface area contributed by atoms with Gasteiger partial charge in [-0.25, -0.2) is 9.18 Å². The van der Waals surface area contributed by atoms with E-state index in [0.29, 0.717) is 6.42 Å². The Balaban J connectivity index is 2.75. The van der Waals surface area contributed by atoms with Gasteiger partial charge in [0.25, 0.3) is 0 Å². The number of hydrogen-bond acceptors (Lipinski definition) is 2. The van der Waals surface area contributed by atoms with Crippen LogP contribution in [0.5, 0.6) is 0 Å². The number of carboxylic acids is 1. The Bertz CT molecular complexity index is 490. The molecule has 2 atom stereocenters. The summed E-state index contributed by atoms with van der Waals surface area (Å²) < 4.78 is 12.9. The molecule has 0 aliphatic carbocycles. The summed E-state index contributed by atoms with van der Waals surface area (Å²) in [6.07, 6.45) is 0.658. The summed E-state index contributed by atoms with van der Waals surface area (Å²) in [5, 5.41) is 11.6. The fourth-order valence-corrected chi connectivity index (χ4v) is 1.90. The lowest BCUT2D eigenvalue weighted by Crippen LogP contribution is -2.47. The predicted octanol–water partition coefficient (Wildman–Crippen LogP) is 2.78. The number of benzene rings is 1. The topological polar surface area (TPSA) is 69.6 Å². The number of carboxylic acid groups (broad SMARTS) is 1. The van der Waals surface area contributed by atoms with E-state index < -0.39 is 12.0 Å². The predicted molar refractivity (Wildman–Crippen MR) is 77.4 cm³/mol. The van der Waals surface area contributed by atoms with Gasteiger partial charge in [0.15, 0.2) is 0 Å². The van der Waals surface area contributed by atoms with E-state index in [4.69, 9.17) is 5.11 Å². The fourth-order valence-electron chi connectivity index (χ4n) is 1.90. The summed E-state index contributed by atoms with van der Waals surface area (Å²) in [6, 6.07) is 4.86. The van der Waals surface area contributed by atoms with Gasteiger partial charge in [0.1, 0.15) is 12.4 Å². The summed E-state index contributed by atoms with van der Waals surface area (Å²) in [7, 11) is 0. The number of hydrogen-bond donors (Lipinski definition) is 2. The molecule has 0 bridgehead atoms. The van der Waals surface area contributed by atoms with Crippen LogP contribution >= 0.6 is 0 Å². The number of rotatable bonds is 6. The van der Waals surface area contributed by atoms with Crippen molar-refractivity contribution < 1.29 is 19.1 Å². The highest BCUT2D eigenvalue weighted by atomic mass is 19.1. The Kier molecular flexibility index (Phi) is 6.14. The van der Waals surface area contributed by atoms with Crippen LogP contribution in [0.2, 0.25) is 0 Å². The van der Waals surface area contributed by atoms with Gasteiger partial charge >= 0.3 is 12.0 Å². The zero-order chi connectivity index (χ0) is 16.0. The Morgan fingerprint density at radius 3 is 2.33 bits per heavy atom. The first kappa shape index (κ1) is 16.9. The molecular weight excluding hydrogens is 275 g/mol. The van der Waals surface area contributed by atoms with E-state index in [1.165, 1.54) is 17.0 Å². The van der Waals surface area contributed by atoms with E-state index in [-0.39, 0.29) is 24.4 Å². The minimum Gasteiger partial charge on any atom is -0.480 e. The number of carbonyl (C=O) groups excluding carboxylic acids is 1. The van der Waals surface area contributed by atoms with Crippen LogP contribution in [0.1, 0.15) is 38.8 Å². The lowest BCUT2D eigenvalue weighted by Gasteiger charge is -2.28. The maximum absolute atomic E-state index is 12.9. The molecule has 0 saturated heterocycles. The van der Waals surface area contributed by atoms with Crippen LogP contribution in [-0.4, -0.2) is 34.6 Å². The number of aliphatic carboxylic acids is 1. The maximum Gasteiger partial charge on any atom is 0.323 e. The SMILES string of the molecule is CCC(C)N(CC(=O)O)C(=O)NC(C)c1ccc(F)cc1. The summed E-state index contributed by atoms with van der Waals surface area (Å²) in [6.45, 7) is 5.10. The van der Waals surface area contributed by atoms with Gasteiger partial charge in [-0.15, -0.1) is 0 Å². The molecule has 116 valence electrons. The molecule has 0 radical (unpaired) electrons. The average Bonchev–Trinajstić information content (AvgIpc) is 2.44. The number of halogens is 1. The van der Waals surface area contributed by atoms with Crippen molar-refractivity contribution in [2.45, 2.75) is 39.3 Å². The normalized spacial score (nSPS) is 13.3. The van der Waals surface area contributed by atoms with Crippen LogP contribution < -0.4 is 5.32 Å². The van der Waals surface area contributed by atoms with Gasteiger partial charge in [-0.1, -0.05) is 19.1 Å². The van der Waals surface area contributed by atoms with Crippen molar-refractivity contribution in [1.29, 1.82) is 0 Å². The first-order chi connectivity index (χ1) is 9.85. The number of carbonyl (C=O) groups is 2. The van der Waals surface area contributed by atoms with Gasteiger partial charge in [0.2, 0.25) is 0 Å². The van der Waals surface area contributed by atoms with Crippen molar-refractivity contribution in [3.63, 3.8) is 0 Å². The molecule has 6 heteroatoms. The van der Waals surface area contributed by atoms with E-state index in [9.17, 15) is 14.0 Å². The van der Waals surface area contributed by atoms with Gasteiger partial charge in [-0.2, -0.15) is 0 Å². The zero-order valence-electron chi connectivity index (χ0n) is 12.5. The first-order valence-corrected chi connectivity index (χ1v) is 6.89. The standard InChI is InChI=1S/C15H21FN2O3/c1-4-10(2)18(9-14(19)20)15(21)17-11(3)12-5-7-13(16)8-6-12/h5-8,10-11H,4,9H2,1-3H3,(H,17,21)(H,19,20). The molecule has 0 spiro atoms. The lowest BCUT2D eigenvalue weighted by atomic mass is 10.1. The van der Waals surface area contributed by atoms with Gasteiger partial charge in [0, 0.05) is 6.04 Å². The van der Waals surface area contributed by atoms with Crippen LogP contribution in [0, 0.1) is 5.82 Å². The van der Waals surface area contributed by atoms with E-state index in [0.717, 1.165) is 5.56 Å². The third-order valence-corrected chi connectivity index (χ3v) is 3.40. The highest BCUT2D eigenvalue weighted by Crippen LogP contribution is 2.14. The second kappa shape index (κ2) is 7.61. The minimum absolute atomic E-state index is 0.179. The molecule has 2 N–H and O–H groups in total. The van der Waals surface area contributed by atoms with Gasteiger partial charge in [0.05, 0.1) is 6.04 Å². The van der Waals surface area contributed by atoms with Crippen molar-refractivity contribution in [1.82, 2.24) is 10.2 Å². The molecule has 0 aliphatic heterocycles. The molecule has 5 nitrogen and oxygen atoms in total. The van der Waals surface area contributed by atoms with Crippen molar-refractivity contribution in [2.24, 2.45) is 0 Å². The Morgan fingerprint density at radius 2 is 1.86 bits per heavy atom. The van der Waals surface area contributed by atoms with Crippen LogP contribution in [0.25, 0.3) is 0 Å². The number of amides is 2. The minimum atomic E-state index is -1.06. The summed E-state index contributed by atoms with van der Waals surface area (Å²) >= 11 is 0. The molecule has 0 fully saturated rings. The fraction of sp³-hybridized carbons (Fsp3) is 0.467. The van der Waals surface area contributed by atoms with Gasteiger partial charge in [-0.05, 0) is 38.0 Å². The maximum atomic E-state index is 12.9. The average molecular weight is 296 g/mol. The molecule has 1 aromatic carbocycles. The second-order valence-electron chi connectivity index (χ2n) is 5.00. The smallest absolute Gasteiger partial charge is 0.323 e. The molecule has 21 heavy (non-hydrogen) atoms. The molecular formula is C15H21FN2O3. The molecule has 2 unspecified atom stereocenters. The van der Waals surface area contributed by atoms with E-state index in [1.807, 2.05) is 6.92 Å².